The lowest BCUT2D eigenvalue weighted by Crippen LogP contribution is -2.32. The molecule has 0 bridgehead atoms. The molecule has 6 nitrogen and oxygen atoms in total. The van der Waals surface area contributed by atoms with E-state index in [4.69, 9.17) is 10.5 Å². The summed E-state index contributed by atoms with van der Waals surface area (Å²) in [7, 11) is 0. The van der Waals surface area contributed by atoms with Crippen molar-refractivity contribution in [3.05, 3.63) is 32.6 Å². The standard InChI is InChI=1S/C8H6N4O2/c1-5(2-9)12-4-6(3-10)7(13)11-8(12)14/h4-5H,1H3,(H,11,13,14)/t5-/m1/s1. The molecule has 0 amide bonds. The normalized spacial score (nSPS) is 11.4. The van der Waals surface area contributed by atoms with Crippen molar-refractivity contribution in [1.82, 2.24) is 9.55 Å². The van der Waals surface area contributed by atoms with Crippen LogP contribution in [0.15, 0.2) is 15.8 Å². The Kier molecular flexibility index (Phi) is 2.49. The zero-order chi connectivity index (χ0) is 10.7. The average molecular weight is 190 g/mol. The van der Waals surface area contributed by atoms with Crippen LogP contribution in [0.25, 0.3) is 0 Å². The predicted octanol–water partition coefficient (Wildman–Crippen LogP) is -0.507. The van der Waals surface area contributed by atoms with Gasteiger partial charge in [-0.25, -0.2) is 4.79 Å². The lowest BCUT2D eigenvalue weighted by molar-refractivity contribution is 0.621. The molecule has 0 fully saturated rings. The van der Waals surface area contributed by atoms with Crippen molar-refractivity contribution in [3.8, 4) is 12.1 Å². The van der Waals surface area contributed by atoms with Gasteiger partial charge in [0.1, 0.15) is 17.7 Å². The van der Waals surface area contributed by atoms with Gasteiger partial charge in [-0.2, -0.15) is 10.5 Å². The van der Waals surface area contributed by atoms with Gasteiger partial charge in [-0.1, -0.05) is 0 Å². The molecule has 1 aromatic rings. The number of aromatic nitrogens is 2. The lowest BCUT2D eigenvalue weighted by atomic mass is 10.3. The van der Waals surface area contributed by atoms with Crippen molar-refractivity contribution in [2.75, 3.05) is 0 Å². The molecule has 0 saturated heterocycles. The van der Waals surface area contributed by atoms with Gasteiger partial charge in [0.05, 0.1) is 6.07 Å². The third-order valence-electron chi connectivity index (χ3n) is 1.69. The van der Waals surface area contributed by atoms with E-state index in [0.29, 0.717) is 0 Å². The third kappa shape index (κ3) is 1.54. The fraction of sp³-hybridized carbons (Fsp3) is 0.250. The van der Waals surface area contributed by atoms with Gasteiger partial charge in [0, 0.05) is 6.20 Å². The van der Waals surface area contributed by atoms with Crippen LogP contribution < -0.4 is 11.2 Å². The van der Waals surface area contributed by atoms with Gasteiger partial charge >= 0.3 is 5.69 Å². The van der Waals surface area contributed by atoms with E-state index in [1.807, 2.05) is 11.1 Å². The van der Waals surface area contributed by atoms with E-state index in [9.17, 15) is 9.59 Å². The first kappa shape index (κ1) is 9.75. The SMILES string of the molecule is C[C@H](C#N)n1cc(C#N)c(=O)[nH]c1=O. The first-order valence-corrected chi connectivity index (χ1v) is 3.75. The highest BCUT2D eigenvalue weighted by atomic mass is 16.2. The summed E-state index contributed by atoms with van der Waals surface area (Å²) in [5, 5.41) is 17.1. The predicted molar refractivity (Wildman–Crippen MR) is 46.4 cm³/mol. The fourth-order valence-corrected chi connectivity index (χ4v) is 0.915. The minimum absolute atomic E-state index is 0.188. The maximum absolute atomic E-state index is 11.2. The van der Waals surface area contributed by atoms with Gasteiger partial charge in [0.25, 0.3) is 5.56 Å². The highest BCUT2D eigenvalue weighted by molar-refractivity contribution is 5.22. The van der Waals surface area contributed by atoms with E-state index >= 15 is 0 Å². The molecule has 0 spiro atoms. The number of nitrogens with zero attached hydrogens (tertiary/aromatic N) is 3. The molecule has 0 saturated carbocycles. The molecule has 0 unspecified atom stereocenters. The Morgan fingerprint density at radius 3 is 2.64 bits per heavy atom. The molecule has 1 atom stereocenters. The number of aromatic amines is 1. The largest absolute Gasteiger partial charge is 0.329 e. The molecule has 1 N–H and O–H groups in total. The van der Waals surface area contributed by atoms with Crippen molar-refractivity contribution in [2.45, 2.75) is 13.0 Å². The van der Waals surface area contributed by atoms with Crippen LogP contribution >= 0.6 is 0 Å². The molecule has 0 aromatic carbocycles. The Hall–Kier alpha value is -2.34. The first-order chi connectivity index (χ1) is 6.60. The highest BCUT2D eigenvalue weighted by Crippen LogP contribution is 1.98. The van der Waals surface area contributed by atoms with Gasteiger partial charge in [0.2, 0.25) is 0 Å². The Balaban J connectivity index is 3.51. The van der Waals surface area contributed by atoms with Crippen LogP contribution in [0, 0.1) is 22.7 Å². The van der Waals surface area contributed by atoms with Crippen LogP contribution in [-0.4, -0.2) is 9.55 Å². The van der Waals surface area contributed by atoms with Crippen LogP contribution in [0.5, 0.6) is 0 Å². The molecule has 0 radical (unpaired) electrons. The van der Waals surface area contributed by atoms with Gasteiger partial charge in [-0.15, -0.1) is 0 Å². The van der Waals surface area contributed by atoms with Crippen molar-refractivity contribution in [1.29, 1.82) is 10.5 Å². The minimum atomic E-state index is -0.737. The molecule has 0 aliphatic carbocycles. The van der Waals surface area contributed by atoms with Gasteiger partial charge in [-0.05, 0) is 6.92 Å². The molecule has 6 heteroatoms. The number of nitriles is 2. The molecule has 1 aromatic heterocycles. The van der Waals surface area contributed by atoms with E-state index in [2.05, 4.69) is 0 Å². The van der Waals surface area contributed by atoms with E-state index in [1.54, 1.807) is 6.07 Å². The van der Waals surface area contributed by atoms with Crippen LogP contribution in [0.4, 0.5) is 0 Å². The fourth-order valence-electron chi connectivity index (χ4n) is 0.915. The zero-order valence-corrected chi connectivity index (χ0v) is 7.31. The van der Waals surface area contributed by atoms with E-state index in [1.165, 1.54) is 6.92 Å². The molecule has 0 aliphatic rings. The van der Waals surface area contributed by atoms with Crippen LogP contribution in [0.2, 0.25) is 0 Å². The number of rotatable bonds is 1. The van der Waals surface area contributed by atoms with Crippen molar-refractivity contribution >= 4 is 0 Å². The second-order valence-electron chi connectivity index (χ2n) is 2.63. The second kappa shape index (κ2) is 3.58. The van der Waals surface area contributed by atoms with Crippen molar-refractivity contribution in [3.63, 3.8) is 0 Å². The number of hydrogen-bond acceptors (Lipinski definition) is 4. The Morgan fingerprint density at radius 1 is 1.50 bits per heavy atom. The van der Waals surface area contributed by atoms with Crippen molar-refractivity contribution in [2.24, 2.45) is 0 Å². The first-order valence-electron chi connectivity index (χ1n) is 3.75. The molecule has 70 valence electrons. The van der Waals surface area contributed by atoms with Crippen LogP contribution in [0.1, 0.15) is 18.5 Å². The molecular formula is C8H6N4O2. The summed E-state index contributed by atoms with van der Waals surface area (Å²) >= 11 is 0. The molecule has 14 heavy (non-hydrogen) atoms. The van der Waals surface area contributed by atoms with Crippen LogP contribution in [-0.2, 0) is 0 Å². The maximum atomic E-state index is 11.2. The maximum Gasteiger partial charge on any atom is 0.329 e. The highest BCUT2D eigenvalue weighted by Gasteiger charge is 2.08. The van der Waals surface area contributed by atoms with Crippen LogP contribution in [0.3, 0.4) is 0 Å². The summed E-state index contributed by atoms with van der Waals surface area (Å²) in [6.07, 6.45) is 1.08. The summed E-state index contributed by atoms with van der Waals surface area (Å²) in [6, 6.07) is 2.74. The summed E-state index contributed by atoms with van der Waals surface area (Å²) in [4.78, 5) is 24.1. The third-order valence-corrected chi connectivity index (χ3v) is 1.69. The summed E-state index contributed by atoms with van der Waals surface area (Å²) < 4.78 is 1.000. The quantitative estimate of drug-likeness (QED) is 0.644. The summed E-state index contributed by atoms with van der Waals surface area (Å²) in [6.45, 7) is 1.49. The number of H-pyrrole nitrogens is 1. The van der Waals surface area contributed by atoms with E-state index in [-0.39, 0.29) is 5.56 Å². The van der Waals surface area contributed by atoms with Crippen molar-refractivity contribution < 1.29 is 0 Å². The number of hydrogen-bond donors (Lipinski definition) is 1. The van der Waals surface area contributed by atoms with Gasteiger partial charge < -0.3 is 0 Å². The Bertz CT molecular complexity index is 540. The minimum Gasteiger partial charge on any atom is -0.283 e. The number of nitrogens with one attached hydrogen (secondary N) is 1. The topological polar surface area (TPSA) is 102 Å². The average Bonchev–Trinajstić information content (AvgIpc) is 2.17. The van der Waals surface area contributed by atoms with Gasteiger partial charge in [0.15, 0.2) is 0 Å². The molecular weight excluding hydrogens is 184 g/mol. The summed E-state index contributed by atoms with van der Waals surface area (Å²) in [5.41, 5.74) is -1.62. The summed E-state index contributed by atoms with van der Waals surface area (Å²) in [5.74, 6) is 0. The Labute approximate surface area is 78.6 Å². The molecule has 1 rings (SSSR count). The van der Waals surface area contributed by atoms with E-state index in [0.717, 1.165) is 10.8 Å². The lowest BCUT2D eigenvalue weighted by Gasteiger charge is -2.05. The monoisotopic (exact) mass is 190 g/mol. The Morgan fingerprint density at radius 2 is 2.14 bits per heavy atom. The molecule has 0 aliphatic heterocycles. The zero-order valence-electron chi connectivity index (χ0n) is 7.31. The molecule has 1 heterocycles. The second-order valence-corrected chi connectivity index (χ2v) is 2.63. The smallest absolute Gasteiger partial charge is 0.283 e. The van der Waals surface area contributed by atoms with Gasteiger partial charge in [-0.3, -0.25) is 14.3 Å². The van der Waals surface area contributed by atoms with E-state index < -0.39 is 17.3 Å².